The molecule has 2 aliphatic heterocycles. The lowest BCUT2D eigenvalue weighted by Crippen LogP contribution is -2.55. The van der Waals surface area contributed by atoms with Gasteiger partial charge in [0.25, 0.3) is 0 Å². The van der Waals surface area contributed by atoms with Crippen LogP contribution >= 0.6 is 0 Å². The topological polar surface area (TPSA) is 106 Å². The van der Waals surface area contributed by atoms with E-state index in [0.29, 0.717) is 18.1 Å². The molecule has 2 N–H and O–H groups in total. The molecule has 0 bridgehead atoms. The van der Waals surface area contributed by atoms with Gasteiger partial charge in [-0.25, -0.2) is 9.78 Å². The number of hydrogen-bond donors (Lipinski definition) is 2. The lowest BCUT2D eigenvalue weighted by molar-refractivity contribution is -0.138. The number of hydrogen-bond acceptors (Lipinski definition) is 6. The number of nitrogens with zero attached hydrogens (tertiary/aromatic N) is 2. The number of benzene rings is 1. The number of ether oxygens (including phenoxy) is 3. The third-order valence-electron chi connectivity index (χ3n) is 6.38. The van der Waals surface area contributed by atoms with Crippen LogP contribution in [0.2, 0.25) is 0 Å². The van der Waals surface area contributed by atoms with E-state index in [1.54, 1.807) is 0 Å². The molecule has 1 aromatic carbocycles. The molecule has 2 amide bonds. The SMILES string of the molecule is COC(=O)N[C@H](C(=O)N1CCC[C@@]1(C)c1nc(-c2ccc(C)c3c2OCO3)c[nH]1)C(C)C. The summed E-state index contributed by atoms with van der Waals surface area (Å²) in [7, 11) is 1.29. The van der Waals surface area contributed by atoms with Gasteiger partial charge in [0.1, 0.15) is 11.9 Å². The number of imidazole rings is 1. The Balaban J connectivity index is 1.64. The van der Waals surface area contributed by atoms with Crippen molar-refractivity contribution in [1.82, 2.24) is 20.2 Å². The molecule has 32 heavy (non-hydrogen) atoms. The van der Waals surface area contributed by atoms with Crippen molar-refractivity contribution in [2.24, 2.45) is 5.92 Å². The Bertz CT molecular complexity index is 1030. The average Bonchev–Trinajstić information content (AvgIpc) is 3.51. The Morgan fingerprint density at radius 3 is 2.75 bits per heavy atom. The van der Waals surface area contributed by atoms with Gasteiger partial charge in [-0.05, 0) is 44.2 Å². The molecular formula is C23H30N4O5. The number of amides is 2. The van der Waals surface area contributed by atoms with Crippen LogP contribution in [0.15, 0.2) is 18.3 Å². The molecule has 0 aliphatic carbocycles. The summed E-state index contributed by atoms with van der Waals surface area (Å²) in [5.74, 6) is 1.90. The van der Waals surface area contributed by atoms with Gasteiger partial charge in [-0.2, -0.15) is 0 Å². The number of aromatic amines is 1. The first-order chi connectivity index (χ1) is 15.3. The monoisotopic (exact) mass is 442 g/mol. The number of rotatable bonds is 5. The van der Waals surface area contributed by atoms with Gasteiger partial charge in [-0.3, -0.25) is 4.79 Å². The zero-order valence-electron chi connectivity index (χ0n) is 19.2. The van der Waals surface area contributed by atoms with Crippen molar-refractivity contribution in [3.63, 3.8) is 0 Å². The number of aromatic nitrogens is 2. The molecule has 2 aliphatic rings. The molecule has 1 aromatic heterocycles. The number of carbonyl (C=O) groups is 2. The van der Waals surface area contributed by atoms with Gasteiger partial charge in [-0.15, -0.1) is 0 Å². The van der Waals surface area contributed by atoms with Gasteiger partial charge in [-0.1, -0.05) is 19.9 Å². The van der Waals surface area contributed by atoms with Crippen molar-refractivity contribution in [3.8, 4) is 22.8 Å². The zero-order valence-corrected chi connectivity index (χ0v) is 19.2. The van der Waals surface area contributed by atoms with E-state index < -0.39 is 17.7 Å². The highest BCUT2D eigenvalue weighted by Crippen LogP contribution is 2.44. The van der Waals surface area contributed by atoms with Crippen LogP contribution in [-0.4, -0.2) is 53.4 Å². The maximum atomic E-state index is 13.5. The third kappa shape index (κ3) is 3.65. The van der Waals surface area contributed by atoms with Crippen LogP contribution in [0.3, 0.4) is 0 Å². The molecule has 9 heteroatoms. The third-order valence-corrected chi connectivity index (χ3v) is 6.38. The number of H-pyrrole nitrogens is 1. The second-order valence-electron chi connectivity index (χ2n) is 8.85. The van der Waals surface area contributed by atoms with Gasteiger partial charge in [0, 0.05) is 18.3 Å². The van der Waals surface area contributed by atoms with Crippen LogP contribution in [0.4, 0.5) is 4.79 Å². The quantitative estimate of drug-likeness (QED) is 0.736. The summed E-state index contributed by atoms with van der Waals surface area (Å²) in [4.78, 5) is 35.2. The average molecular weight is 443 g/mol. The molecule has 1 fully saturated rings. The lowest BCUT2D eigenvalue weighted by Gasteiger charge is -2.37. The summed E-state index contributed by atoms with van der Waals surface area (Å²) in [6.07, 6.45) is 2.83. The van der Waals surface area contributed by atoms with Crippen LogP contribution in [-0.2, 0) is 15.1 Å². The molecule has 172 valence electrons. The molecule has 9 nitrogen and oxygen atoms in total. The van der Waals surface area contributed by atoms with Crippen molar-refractivity contribution >= 4 is 12.0 Å². The van der Waals surface area contributed by atoms with E-state index in [-0.39, 0.29) is 18.6 Å². The van der Waals surface area contributed by atoms with Crippen molar-refractivity contribution in [2.75, 3.05) is 20.4 Å². The number of nitrogens with one attached hydrogen (secondary N) is 2. The van der Waals surface area contributed by atoms with Crippen molar-refractivity contribution < 1.29 is 23.8 Å². The molecule has 0 unspecified atom stereocenters. The Hall–Kier alpha value is -3.23. The predicted molar refractivity (Wildman–Crippen MR) is 117 cm³/mol. The van der Waals surface area contributed by atoms with E-state index in [0.717, 1.165) is 35.4 Å². The van der Waals surface area contributed by atoms with E-state index in [9.17, 15) is 9.59 Å². The summed E-state index contributed by atoms with van der Waals surface area (Å²) in [6, 6.07) is 3.27. The highest BCUT2D eigenvalue weighted by molar-refractivity contribution is 5.87. The van der Waals surface area contributed by atoms with Crippen LogP contribution in [0.25, 0.3) is 11.3 Å². The molecule has 0 saturated carbocycles. The van der Waals surface area contributed by atoms with Crippen LogP contribution < -0.4 is 14.8 Å². The van der Waals surface area contributed by atoms with Crippen LogP contribution in [0.5, 0.6) is 11.5 Å². The predicted octanol–water partition coefficient (Wildman–Crippen LogP) is 3.33. The molecule has 3 heterocycles. The summed E-state index contributed by atoms with van der Waals surface area (Å²) in [5.41, 5.74) is 1.97. The van der Waals surface area contributed by atoms with Crippen molar-refractivity contribution in [2.45, 2.75) is 52.1 Å². The highest BCUT2D eigenvalue weighted by Gasteiger charge is 2.46. The summed E-state index contributed by atoms with van der Waals surface area (Å²) >= 11 is 0. The second kappa shape index (κ2) is 8.37. The number of methoxy groups -OCH3 is 1. The largest absolute Gasteiger partial charge is 0.453 e. The normalized spacial score (nSPS) is 20.5. The number of likely N-dealkylation sites (tertiary alicyclic amines) is 1. The fourth-order valence-electron chi connectivity index (χ4n) is 4.50. The maximum absolute atomic E-state index is 13.5. The first kappa shape index (κ1) is 22.0. The first-order valence-corrected chi connectivity index (χ1v) is 10.9. The van der Waals surface area contributed by atoms with Crippen molar-refractivity contribution in [1.29, 1.82) is 0 Å². The number of fused-ring (bicyclic) bond motifs is 1. The Morgan fingerprint density at radius 1 is 1.28 bits per heavy atom. The fraction of sp³-hybridized carbons (Fsp3) is 0.522. The van der Waals surface area contributed by atoms with Gasteiger partial charge >= 0.3 is 6.09 Å². The molecule has 0 radical (unpaired) electrons. The molecular weight excluding hydrogens is 412 g/mol. The first-order valence-electron chi connectivity index (χ1n) is 10.9. The van der Waals surface area contributed by atoms with Crippen LogP contribution in [0.1, 0.15) is 45.0 Å². The summed E-state index contributed by atoms with van der Waals surface area (Å²) in [6.45, 7) is 8.56. The lowest BCUT2D eigenvalue weighted by atomic mass is 9.95. The molecule has 4 rings (SSSR count). The van der Waals surface area contributed by atoms with Crippen LogP contribution in [0, 0.1) is 12.8 Å². The molecule has 0 spiro atoms. The van der Waals surface area contributed by atoms with Gasteiger partial charge in [0.15, 0.2) is 11.5 Å². The van der Waals surface area contributed by atoms with Crippen molar-refractivity contribution in [3.05, 3.63) is 29.7 Å². The maximum Gasteiger partial charge on any atom is 0.407 e. The molecule has 1 saturated heterocycles. The van der Waals surface area contributed by atoms with E-state index in [1.807, 2.05) is 50.9 Å². The Morgan fingerprint density at radius 2 is 2.03 bits per heavy atom. The number of carbonyl (C=O) groups excluding carboxylic acids is 2. The minimum absolute atomic E-state index is 0.0918. The van der Waals surface area contributed by atoms with Gasteiger partial charge in [0.2, 0.25) is 12.7 Å². The number of aryl methyl sites for hydroxylation is 1. The summed E-state index contributed by atoms with van der Waals surface area (Å²) < 4.78 is 16.0. The number of alkyl carbamates (subject to hydrolysis) is 1. The fourth-order valence-corrected chi connectivity index (χ4v) is 4.50. The highest BCUT2D eigenvalue weighted by atomic mass is 16.7. The Kier molecular flexibility index (Phi) is 5.75. The zero-order chi connectivity index (χ0) is 23.0. The van der Waals surface area contributed by atoms with E-state index in [1.165, 1.54) is 7.11 Å². The van der Waals surface area contributed by atoms with Gasteiger partial charge < -0.3 is 29.4 Å². The van der Waals surface area contributed by atoms with E-state index in [2.05, 4.69) is 10.3 Å². The Labute approximate surface area is 187 Å². The second-order valence-corrected chi connectivity index (χ2v) is 8.85. The van der Waals surface area contributed by atoms with Gasteiger partial charge in [0.05, 0.1) is 18.3 Å². The smallest absolute Gasteiger partial charge is 0.407 e. The standard InChI is InChI=1S/C23H30N4O5/c1-13(2)17(26-22(29)30-5)20(28)27-10-6-9-23(27,4)21-24-11-16(25-21)15-8-7-14(3)18-19(15)32-12-31-18/h7-8,11,13,17H,6,9-10,12H2,1-5H3,(H,24,25)(H,26,29)/t17-,23-/m0/s1. The minimum Gasteiger partial charge on any atom is -0.453 e. The minimum atomic E-state index is -0.680. The van der Waals surface area contributed by atoms with E-state index in [4.69, 9.17) is 19.2 Å². The summed E-state index contributed by atoms with van der Waals surface area (Å²) in [5, 5.41) is 2.68. The molecule has 2 aromatic rings. The van der Waals surface area contributed by atoms with E-state index >= 15 is 0 Å². The molecule has 2 atom stereocenters.